The molecule has 88 valence electrons. The Kier molecular flexibility index (Phi) is 3.00. The predicted molar refractivity (Wildman–Crippen MR) is 61.6 cm³/mol. The highest BCUT2D eigenvalue weighted by Crippen LogP contribution is 2.56. The highest BCUT2D eigenvalue weighted by molar-refractivity contribution is 5.25. The van der Waals surface area contributed by atoms with Crippen LogP contribution in [0, 0.1) is 11.2 Å². The summed E-state index contributed by atoms with van der Waals surface area (Å²) in [6.45, 7) is 0.173. The molecule has 0 amide bonds. The molecule has 0 radical (unpaired) electrons. The summed E-state index contributed by atoms with van der Waals surface area (Å²) in [4.78, 5) is 2.07. The Bertz CT molecular complexity index is 374. The van der Waals surface area contributed by atoms with Gasteiger partial charge in [0.25, 0.3) is 0 Å². The molecule has 0 spiro atoms. The molecule has 2 nitrogen and oxygen atoms in total. The second-order valence-electron chi connectivity index (χ2n) is 4.94. The van der Waals surface area contributed by atoms with Crippen LogP contribution < -0.4 is 0 Å². The summed E-state index contributed by atoms with van der Waals surface area (Å²) in [6, 6.07) is 6.79. The maximum Gasteiger partial charge on any atom is 0.123 e. The van der Waals surface area contributed by atoms with Crippen LogP contribution in [0.5, 0.6) is 0 Å². The van der Waals surface area contributed by atoms with Crippen molar-refractivity contribution in [2.24, 2.45) is 5.41 Å². The van der Waals surface area contributed by atoms with Gasteiger partial charge in [0.05, 0.1) is 6.61 Å². The minimum absolute atomic E-state index is 0.0582. The Morgan fingerprint density at radius 1 is 1.44 bits per heavy atom. The van der Waals surface area contributed by atoms with Crippen molar-refractivity contribution < 1.29 is 9.50 Å². The van der Waals surface area contributed by atoms with Gasteiger partial charge in [-0.3, -0.25) is 0 Å². The van der Waals surface area contributed by atoms with Crippen LogP contribution in [-0.4, -0.2) is 30.7 Å². The number of nitrogens with zero attached hydrogens (tertiary/aromatic N) is 1. The van der Waals surface area contributed by atoms with E-state index < -0.39 is 0 Å². The average Bonchev–Trinajstić information content (AvgIpc) is 2.99. The number of rotatable bonds is 4. The fraction of sp³-hybridized carbons (Fsp3) is 0.538. The SMILES string of the molecule is CN(C)C(c1cccc(F)c1)C1(CO)CC1. The van der Waals surface area contributed by atoms with Crippen molar-refractivity contribution in [1.82, 2.24) is 4.90 Å². The molecule has 1 aliphatic rings. The van der Waals surface area contributed by atoms with Crippen LogP contribution in [0.1, 0.15) is 24.4 Å². The van der Waals surface area contributed by atoms with E-state index in [4.69, 9.17) is 0 Å². The molecule has 1 fully saturated rings. The minimum Gasteiger partial charge on any atom is -0.396 e. The maximum absolute atomic E-state index is 13.2. The van der Waals surface area contributed by atoms with Crippen molar-refractivity contribution in [3.63, 3.8) is 0 Å². The quantitative estimate of drug-likeness (QED) is 0.846. The van der Waals surface area contributed by atoms with E-state index in [-0.39, 0.29) is 23.9 Å². The molecule has 0 saturated heterocycles. The summed E-state index contributed by atoms with van der Waals surface area (Å²) >= 11 is 0. The van der Waals surface area contributed by atoms with Gasteiger partial charge in [0.1, 0.15) is 5.82 Å². The summed E-state index contributed by atoms with van der Waals surface area (Å²) in [5.74, 6) is -0.210. The largest absolute Gasteiger partial charge is 0.396 e. The van der Waals surface area contributed by atoms with Crippen LogP contribution in [0.3, 0.4) is 0 Å². The van der Waals surface area contributed by atoms with E-state index in [2.05, 4.69) is 4.90 Å². The maximum atomic E-state index is 13.2. The molecule has 3 heteroatoms. The fourth-order valence-electron chi connectivity index (χ4n) is 2.55. The van der Waals surface area contributed by atoms with Crippen molar-refractivity contribution in [3.05, 3.63) is 35.6 Å². The number of hydrogen-bond acceptors (Lipinski definition) is 2. The summed E-state index contributed by atoms with van der Waals surface area (Å²) in [6.07, 6.45) is 2.03. The van der Waals surface area contributed by atoms with Crippen LogP contribution in [0.2, 0.25) is 0 Å². The van der Waals surface area contributed by atoms with Crippen LogP contribution >= 0.6 is 0 Å². The number of aliphatic hydroxyl groups excluding tert-OH is 1. The molecule has 1 aromatic rings. The number of hydrogen-bond donors (Lipinski definition) is 1. The van der Waals surface area contributed by atoms with Gasteiger partial charge in [0, 0.05) is 11.5 Å². The molecule has 0 bridgehead atoms. The molecule has 16 heavy (non-hydrogen) atoms. The first-order chi connectivity index (χ1) is 7.59. The Morgan fingerprint density at radius 3 is 2.56 bits per heavy atom. The molecule has 1 N–H and O–H groups in total. The molecule has 1 aliphatic carbocycles. The Balaban J connectivity index is 2.33. The van der Waals surface area contributed by atoms with Crippen molar-refractivity contribution in [3.8, 4) is 0 Å². The van der Waals surface area contributed by atoms with E-state index in [0.717, 1.165) is 18.4 Å². The Labute approximate surface area is 95.7 Å². The van der Waals surface area contributed by atoms with Crippen LogP contribution in [0.4, 0.5) is 4.39 Å². The first-order valence-corrected chi connectivity index (χ1v) is 5.62. The molecule has 2 rings (SSSR count). The zero-order chi connectivity index (χ0) is 11.8. The van der Waals surface area contributed by atoms with E-state index in [0.29, 0.717) is 0 Å². The number of halogens is 1. The lowest BCUT2D eigenvalue weighted by Crippen LogP contribution is -2.31. The molecule has 0 heterocycles. The lowest BCUT2D eigenvalue weighted by Gasteiger charge is -2.32. The van der Waals surface area contributed by atoms with Crippen LogP contribution in [-0.2, 0) is 0 Å². The summed E-state index contributed by atoms with van der Waals surface area (Å²) in [5, 5.41) is 9.49. The van der Waals surface area contributed by atoms with Gasteiger partial charge in [-0.2, -0.15) is 0 Å². The van der Waals surface area contributed by atoms with E-state index in [1.165, 1.54) is 6.07 Å². The van der Waals surface area contributed by atoms with Gasteiger partial charge in [0.15, 0.2) is 0 Å². The second kappa shape index (κ2) is 4.15. The van der Waals surface area contributed by atoms with Gasteiger partial charge in [-0.05, 0) is 44.6 Å². The standard InChI is InChI=1S/C13H18FNO/c1-15(2)12(13(9-16)6-7-13)10-4-3-5-11(14)8-10/h3-5,8,12,16H,6-7,9H2,1-2H3. The molecular weight excluding hydrogens is 205 g/mol. The zero-order valence-corrected chi connectivity index (χ0v) is 9.78. The first-order valence-electron chi connectivity index (χ1n) is 5.62. The smallest absolute Gasteiger partial charge is 0.123 e. The Morgan fingerprint density at radius 2 is 2.12 bits per heavy atom. The second-order valence-corrected chi connectivity index (χ2v) is 4.94. The lowest BCUT2D eigenvalue weighted by atomic mass is 9.90. The van der Waals surface area contributed by atoms with Crippen molar-refractivity contribution in [2.75, 3.05) is 20.7 Å². The summed E-state index contributed by atoms with van der Waals surface area (Å²) < 4.78 is 13.2. The molecular formula is C13H18FNO. The monoisotopic (exact) mass is 223 g/mol. The van der Waals surface area contributed by atoms with Gasteiger partial charge in [-0.1, -0.05) is 12.1 Å². The molecule has 1 atom stereocenters. The third kappa shape index (κ3) is 1.97. The third-order valence-corrected chi connectivity index (χ3v) is 3.47. The number of aliphatic hydroxyl groups is 1. The van der Waals surface area contributed by atoms with E-state index in [1.54, 1.807) is 12.1 Å². The van der Waals surface area contributed by atoms with Crippen LogP contribution in [0.25, 0.3) is 0 Å². The number of benzene rings is 1. The van der Waals surface area contributed by atoms with Gasteiger partial charge in [-0.25, -0.2) is 4.39 Å². The predicted octanol–water partition coefficient (Wildman–Crippen LogP) is 2.20. The molecule has 1 aromatic carbocycles. The summed E-state index contributed by atoms with van der Waals surface area (Å²) in [7, 11) is 3.95. The zero-order valence-electron chi connectivity index (χ0n) is 9.78. The highest BCUT2D eigenvalue weighted by Gasteiger charge is 2.50. The van der Waals surface area contributed by atoms with E-state index in [1.807, 2.05) is 20.2 Å². The van der Waals surface area contributed by atoms with Gasteiger partial charge in [0.2, 0.25) is 0 Å². The van der Waals surface area contributed by atoms with E-state index in [9.17, 15) is 9.50 Å². The van der Waals surface area contributed by atoms with Gasteiger partial charge >= 0.3 is 0 Å². The van der Waals surface area contributed by atoms with Crippen molar-refractivity contribution in [1.29, 1.82) is 0 Å². The molecule has 1 unspecified atom stereocenters. The van der Waals surface area contributed by atoms with Gasteiger partial charge in [-0.15, -0.1) is 0 Å². The minimum atomic E-state index is -0.210. The van der Waals surface area contributed by atoms with Crippen molar-refractivity contribution in [2.45, 2.75) is 18.9 Å². The highest BCUT2D eigenvalue weighted by atomic mass is 19.1. The molecule has 1 saturated carbocycles. The third-order valence-electron chi connectivity index (χ3n) is 3.47. The molecule has 0 aromatic heterocycles. The van der Waals surface area contributed by atoms with Gasteiger partial charge < -0.3 is 10.0 Å². The fourth-order valence-corrected chi connectivity index (χ4v) is 2.55. The molecule has 0 aliphatic heterocycles. The lowest BCUT2D eigenvalue weighted by molar-refractivity contribution is 0.115. The van der Waals surface area contributed by atoms with E-state index >= 15 is 0 Å². The normalized spacial score (nSPS) is 19.8. The first kappa shape index (κ1) is 11.6. The Hall–Kier alpha value is -0.930. The van der Waals surface area contributed by atoms with Crippen molar-refractivity contribution >= 4 is 0 Å². The topological polar surface area (TPSA) is 23.5 Å². The summed E-state index contributed by atoms with van der Waals surface area (Å²) in [5.41, 5.74) is 0.897. The van der Waals surface area contributed by atoms with Crippen LogP contribution in [0.15, 0.2) is 24.3 Å². The average molecular weight is 223 g/mol.